The molecule has 0 atom stereocenters. The molecule has 1 aliphatic heterocycles. The molecule has 0 aliphatic carbocycles. The Labute approximate surface area is 158 Å². The van der Waals surface area contributed by atoms with E-state index in [2.05, 4.69) is 14.7 Å². The number of rotatable bonds is 3. The molecule has 27 heavy (non-hydrogen) atoms. The van der Waals surface area contributed by atoms with Gasteiger partial charge >= 0.3 is 22.3 Å². The maximum Gasteiger partial charge on any atom is 0.372 e. The first-order chi connectivity index (χ1) is 12.9. The fraction of sp³-hybridized carbons (Fsp3) is 0.158. The molecule has 0 saturated heterocycles. The molecule has 2 aromatic carbocycles. The first-order valence-corrected chi connectivity index (χ1v) is 9.41. The maximum atomic E-state index is 12.1. The minimum Gasteiger partial charge on any atom is -0.425 e. The van der Waals surface area contributed by atoms with Gasteiger partial charge < -0.3 is 9.47 Å². The summed E-state index contributed by atoms with van der Waals surface area (Å²) < 4.78 is 42.6. The lowest BCUT2D eigenvalue weighted by Gasteiger charge is -2.25. The standard InChI is InChI=1S/C19H17N3O4S/c1-4-13-22-18(25-16-9-5-14(2)6-10-16)20-27(23,24)21-19(22)26-17-11-7-15(3)8-12-17/h1,5-12H,13H2,2-3H3. The molecule has 1 aliphatic rings. The third kappa shape index (κ3) is 4.65. The summed E-state index contributed by atoms with van der Waals surface area (Å²) in [6.07, 6.45) is 5.42. The second-order valence-corrected chi connectivity index (χ2v) is 7.08. The Morgan fingerprint density at radius 2 is 1.30 bits per heavy atom. The van der Waals surface area contributed by atoms with Gasteiger partial charge in [0, 0.05) is 0 Å². The van der Waals surface area contributed by atoms with Gasteiger partial charge in [0.2, 0.25) is 0 Å². The Kier molecular flexibility index (Phi) is 5.14. The van der Waals surface area contributed by atoms with E-state index in [1.54, 1.807) is 24.3 Å². The molecule has 7 nitrogen and oxygen atoms in total. The number of amidine groups is 2. The number of benzene rings is 2. The quantitative estimate of drug-likeness (QED) is 0.761. The summed E-state index contributed by atoms with van der Waals surface area (Å²) in [6.45, 7) is 3.82. The van der Waals surface area contributed by atoms with Crippen molar-refractivity contribution in [3.63, 3.8) is 0 Å². The molecule has 2 aromatic rings. The summed E-state index contributed by atoms with van der Waals surface area (Å²) in [5, 5.41) is 0. The van der Waals surface area contributed by atoms with Crippen LogP contribution in [-0.4, -0.2) is 31.9 Å². The Morgan fingerprint density at radius 1 is 0.889 bits per heavy atom. The van der Waals surface area contributed by atoms with Gasteiger partial charge in [0.1, 0.15) is 11.5 Å². The minimum atomic E-state index is -4.17. The lowest BCUT2D eigenvalue weighted by molar-refractivity contribution is 0.395. The molecule has 0 radical (unpaired) electrons. The molecule has 138 valence electrons. The van der Waals surface area contributed by atoms with Crippen LogP contribution in [0, 0.1) is 26.2 Å². The van der Waals surface area contributed by atoms with Crippen LogP contribution in [0.3, 0.4) is 0 Å². The Hall–Kier alpha value is -3.31. The first-order valence-electron chi connectivity index (χ1n) is 8.01. The number of nitrogens with zero attached hydrogens (tertiary/aromatic N) is 3. The van der Waals surface area contributed by atoms with Crippen molar-refractivity contribution < 1.29 is 17.9 Å². The van der Waals surface area contributed by atoms with Crippen LogP contribution in [0.2, 0.25) is 0 Å². The van der Waals surface area contributed by atoms with Crippen LogP contribution in [0.15, 0.2) is 57.3 Å². The Morgan fingerprint density at radius 3 is 1.67 bits per heavy atom. The van der Waals surface area contributed by atoms with Gasteiger partial charge in [-0.2, -0.15) is 8.42 Å². The summed E-state index contributed by atoms with van der Waals surface area (Å²) in [4.78, 5) is 1.28. The van der Waals surface area contributed by atoms with Crippen molar-refractivity contribution in [2.75, 3.05) is 6.54 Å². The molecule has 0 N–H and O–H groups in total. The van der Waals surface area contributed by atoms with Gasteiger partial charge in [0.25, 0.3) is 0 Å². The smallest absolute Gasteiger partial charge is 0.372 e. The molecular weight excluding hydrogens is 366 g/mol. The predicted molar refractivity (Wildman–Crippen MR) is 103 cm³/mol. The van der Waals surface area contributed by atoms with Crippen LogP contribution in [0.4, 0.5) is 0 Å². The fourth-order valence-electron chi connectivity index (χ4n) is 2.20. The van der Waals surface area contributed by atoms with Crippen molar-refractivity contribution in [2.45, 2.75) is 13.8 Å². The minimum absolute atomic E-state index is 0.0368. The molecule has 0 spiro atoms. The van der Waals surface area contributed by atoms with E-state index in [4.69, 9.17) is 15.9 Å². The molecular formula is C19H17N3O4S. The first kappa shape index (κ1) is 18.5. The van der Waals surface area contributed by atoms with E-state index < -0.39 is 10.2 Å². The molecule has 0 amide bonds. The molecule has 0 bridgehead atoms. The van der Waals surface area contributed by atoms with E-state index in [9.17, 15) is 8.42 Å². The maximum absolute atomic E-state index is 12.1. The number of hydrogen-bond acceptors (Lipinski definition) is 5. The number of ether oxygens (including phenoxy) is 2. The molecule has 0 aromatic heterocycles. The number of aryl methyl sites for hydroxylation is 2. The summed E-state index contributed by atoms with van der Waals surface area (Å²) in [5.41, 5.74) is 2.07. The van der Waals surface area contributed by atoms with Gasteiger partial charge in [-0.15, -0.1) is 6.42 Å². The molecule has 0 fully saturated rings. The second kappa shape index (κ2) is 7.51. The third-order valence-electron chi connectivity index (χ3n) is 3.56. The van der Waals surface area contributed by atoms with Crippen LogP contribution in [0.25, 0.3) is 0 Å². The van der Waals surface area contributed by atoms with E-state index in [0.29, 0.717) is 11.5 Å². The zero-order chi connectivity index (χ0) is 19.4. The highest BCUT2D eigenvalue weighted by atomic mass is 32.2. The monoisotopic (exact) mass is 383 g/mol. The summed E-state index contributed by atoms with van der Waals surface area (Å²) in [7, 11) is -4.17. The van der Waals surface area contributed by atoms with E-state index in [0.717, 1.165) is 11.1 Å². The zero-order valence-electron chi connectivity index (χ0n) is 14.8. The van der Waals surface area contributed by atoms with Crippen LogP contribution in [0.5, 0.6) is 11.5 Å². The fourth-order valence-corrected chi connectivity index (χ4v) is 2.90. The highest BCUT2D eigenvalue weighted by molar-refractivity contribution is 7.89. The lowest BCUT2D eigenvalue weighted by Crippen LogP contribution is -2.46. The van der Waals surface area contributed by atoms with Gasteiger partial charge in [0.05, 0.1) is 6.54 Å². The van der Waals surface area contributed by atoms with Crippen molar-refractivity contribution >= 4 is 22.3 Å². The predicted octanol–water partition coefficient (Wildman–Crippen LogP) is 2.67. The Bertz CT molecular complexity index is 962. The van der Waals surface area contributed by atoms with Gasteiger partial charge in [0.15, 0.2) is 0 Å². The largest absolute Gasteiger partial charge is 0.425 e. The molecule has 0 saturated carbocycles. The van der Waals surface area contributed by atoms with E-state index in [-0.39, 0.29) is 18.6 Å². The average Bonchev–Trinajstić information content (AvgIpc) is 2.61. The SMILES string of the molecule is C#CCN1C(Oc2ccc(C)cc2)=NS(=O)(=O)N=C1Oc1ccc(C)cc1. The van der Waals surface area contributed by atoms with Gasteiger partial charge in [-0.05, 0) is 38.1 Å². The third-order valence-corrected chi connectivity index (χ3v) is 4.33. The molecule has 3 rings (SSSR count). The van der Waals surface area contributed by atoms with Gasteiger partial charge in [-0.25, -0.2) is 4.90 Å². The van der Waals surface area contributed by atoms with E-state index in [1.807, 2.05) is 38.1 Å². The highest BCUT2D eigenvalue weighted by Gasteiger charge is 2.31. The van der Waals surface area contributed by atoms with Crippen molar-refractivity contribution in [1.82, 2.24) is 4.90 Å². The van der Waals surface area contributed by atoms with Crippen LogP contribution in [0.1, 0.15) is 11.1 Å². The summed E-state index contributed by atoms with van der Waals surface area (Å²) in [5.74, 6) is 3.24. The van der Waals surface area contributed by atoms with Crippen LogP contribution >= 0.6 is 0 Å². The number of terminal acetylenes is 1. The van der Waals surface area contributed by atoms with Crippen LogP contribution < -0.4 is 9.47 Å². The van der Waals surface area contributed by atoms with Crippen LogP contribution in [-0.2, 0) is 10.2 Å². The van der Waals surface area contributed by atoms with Crippen molar-refractivity contribution in [2.24, 2.45) is 8.80 Å². The van der Waals surface area contributed by atoms with Crippen molar-refractivity contribution in [3.05, 3.63) is 59.7 Å². The lowest BCUT2D eigenvalue weighted by atomic mass is 10.2. The molecule has 1 heterocycles. The summed E-state index contributed by atoms with van der Waals surface area (Å²) >= 11 is 0. The number of hydrogen-bond donors (Lipinski definition) is 0. The zero-order valence-corrected chi connectivity index (χ0v) is 15.6. The second-order valence-electron chi connectivity index (χ2n) is 5.82. The van der Waals surface area contributed by atoms with Gasteiger partial charge in [-0.1, -0.05) is 50.1 Å². The topological polar surface area (TPSA) is 80.6 Å². The van der Waals surface area contributed by atoms with Gasteiger partial charge in [-0.3, -0.25) is 0 Å². The summed E-state index contributed by atoms with van der Waals surface area (Å²) in [6, 6.07) is 13.7. The molecule has 0 unspecified atom stereocenters. The average molecular weight is 383 g/mol. The van der Waals surface area contributed by atoms with Crippen molar-refractivity contribution in [3.8, 4) is 23.8 Å². The van der Waals surface area contributed by atoms with E-state index in [1.165, 1.54) is 4.90 Å². The van der Waals surface area contributed by atoms with Crippen molar-refractivity contribution in [1.29, 1.82) is 0 Å². The van der Waals surface area contributed by atoms with E-state index >= 15 is 0 Å². The Balaban J connectivity index is 1.93. The molecule has 8 heteroatoms. The normalized spacial score (nSPS) is 15.4. The highest BCUT2D eigenvalue weighted by Crippen LogP contribution is 2.19.